The quantitative estimate of drug-likeness (QED) is 0.639. The highest BCUT2D eigenvalue weighted by molar-refractivity contribution is 7.90. The molecule has 1 N–H and O–H groups in total. The SMILES string of the molecule is COc1ccc(C)cc1-c1csc(NC(=O)c2cc(S(C)(=O)=O)ccc2Cl)n1. The molecule has 0 fully saturated rings. The number of methoxy groups -OCH3 is 1. The minimum Gasteiger partial charge on any atom is -0.496 e. The molecule has 0 aliphatic rings. The lowest BCUT2D eigenvalue weighted by Crippen LogP contribution is -2.13. The molecule has 28 heavy (non-hydrogen) atoms. The fraction of sp³-hybridized carbons (Fsp3) is 0.158. The number of anilines is 1. The minimum atomic E-state index is -3.46. The second-order valence-electron chi connectivity index (χ2n) is 6.11. The maximum Gasteiger partial charge on any atom is 0.259 e. The number of aromatic nitrogens is 1. The van der Waals surface area contributed by atoms with E-state index < -0.39 is 15.7 Å². The molecule has 0 radical (unpaired) electrons. The van der Waals surface area contributed by atoms with Gasteiger partial charge in [0.1, 0.15) is 5.75 Å². The van der Waals surface area contributed by atoms with Gasteiger partial charge in [-0.1, -0.05) is 23.2 Å². The van der Waals surface area contributed by atoms with E-state index in [9.17, 15) is 13.2 Å². The van der Waals surface area contributed by atoms with Crippen molar-refractivity contribution in [3.8, 4) is 17.0 Å². The molecule has 1 heterocycles. The molecule has 0 saturated carbocycles. The molecular formula is C19H17ClN2O4S2. The van der Waals surface area contributed by atoms with Crippen LogP contribution in [0.1, 0.15) is 15.9 Å². The molecule has 0 atom stereocenters. The first-order chi connectivity index (χ1) is 13.2. The van der Waals surface area contributed by atoms with Gasteiger partial charge in [0, 0.05) is 17.2 Å². The minimum absolute atomic E-state index is 0.0198. The lowest BCUT2D eigenvalue weighted by atomic mass is 10.1. The average molecular weight is 437 g/mol. The number of nitrogens with zero attached hydrogens (tertiary/aromatic N) is 1. The lowest BCUT2D eigenvalue weighted by Gasteiger charge is -2.07. The Morgan fingerprint density at radius 2 is 1.96 bits per heavy atom. The summed E-state index contributed by atoms with van der Waals surface area (Å²) in [6.45, 7) is 1.97. The molecule has 3 aromatic rings. The maximum atomic E-state index is 12.6. The van der Waals surface area contributed by atoms with E-state index in [2.05, 4.69) is 10.3 Å². The fourth-order valence-electron chi connectivity index (χ4n) is 2.55. The van der Waals surface area contributed by atoms with E-state index in [1.165, 1.54) is 29.5 Å². The van der Waals surface area contributed by atoms with Crippen molar-refractivity contribution in [2.75, 3.05) is 18.7 Å². The Morgan fingerprint density at radius 3 is 2.64 bits per heavy atom. The summed E-state index contributed by atoms with van der Waals surface area (Å²) >= 11 is 7.32. The number of amides is 1. The third-order valence-electron chi connectivity index (χ3n) is 3.97. The van der Waals surface area contributed by atoms with Gasteiger partial charge in [-0.2, -0.15) is 0 Å². The molecule has 2 aromatic carbocycles. The van der Waals surface area contributed by atoms with Crippen molar-refractivity contribution in [2.45, 2.75) is 11.8 Å². The Morgan fingerprint density at radius 1 is 1.21 bits per heavy atom. The van der Waals surface area contributed by atoms with Gasteiger partial charge in [-0.25, -0.2) is 13.4 Å². The average Bonchev–Trinajstić information content (AvgIpc) is 3.09. The molecular weight excluding hydrogens is 420 g/mol. The van der Waals surface area contributed by atoms with Crippen LogP contribution in [0.2, 0.25) is 5.02 Å². The molecule has 0 aliphatic heterocycles. The van der Waals surface area contributed by atoms with Gasteiger partial charge in [0.2, 0.25) is 0 Å². The van der Waals surface area contributed by atoms with Crippen molar-refractivity contribution in [1.29, 1.82) is 0 Å². The van der Waals surface area contributed by atoms with Gasteiger partial charge in [0.15, 0.2) is 15.0 Å². The molecule has 6 nitrogen and oxygen atoms in total. The number of hydrogen-bond donors (Lipinski definition) is 1. The van der Waals surface area contributed by atoms with Crippen molar-refractivity contribution in [2.24, 2.45) is 0 Å². The summed E-state index contributed by atoms with van der Waals surface area (Å²) in [5.74, 6) is 0.144. The number of thiazole rings is 1. The molecule has 0 saturated heterocycles. The zero-order valence-corrected chi connectivity index (χ0v) is 17.7. The summed E-state index contributed by atoms with van der Waals surface area (Å²) in [7, 11) is -1.87. The summed E-state index contributed by atoms with van der Waals surface area (Å²) in [5, 5.41) is 5.00. The Kier molecular flexibility index (Phi) is 5.74. The summed E-state index contributed by atoms with van der Waals surface area (Å²) < 4.78 is 28.8. The van der Waals surface area contributed by atoms with Crippen LogP contribution in [0.4, 0.5) is 5.13 Å². The predicted octanol–water partition coefficient (Wildman–Crippen LogP) is 4.44. The Bertz CT molecular complexity index is 1160. The highest BCUT2D eigenvalue weighted by atomic mass is 35.5. The van der Waals surface area contributed by atoms with Crippen molar-refractivity contribution < 1.29 is 17.9 Å². The van der Waals surface area contributed by atoms with Crippen LogP contribution in [0.25, 0.3) is 11.3 Å². The molecule has 9 heteroatoms. The van der Waals surface area contributed by atoms with Crippen LogP contribution in [0, 0.1) is 6.92 Å². The van der Waals surface area contributed by atoms with Crippen molar-refractivity contribution >= 4 is 43.8 Å². The summed E-state index contributed by atoms with van der Waals surface area (Å²) in [4.78, 5) is 17.1. The summed E-state index contributed by atoms with van der Waals surface area (Å²) in [6.07, 6.45) is 1.07. The number of benzene rings is 2. The number of ether oxygens (including phenoxy) is 1. The molecule has 0 aliphatic carbocycles. The second kappa shape index (κ2) is 7.90. The monoisotopic (exact) mass is 436 g/mol. The zero-order chi connectivity index (χ0) is 20.5. The third-order valence-corrected chi connectivity index (χ3v) is 6.16. The molecule has 0 spiro atoms. The fourth-order valence-corrected chi connectivity index (χ4v) is 4.11. The summed E-state index contributed by atoms with van der Waals surface area (Å²) in [6, 6.07) is 9.75. The van der Waals surface area contributed by atoms with E-state index >= 15 is 0 Å². The molecule has 1 aromatic heterocycles. The largest absolute Gasteiger partial charge is 0.496 e. The van der Waals surface area contributed by atoms with Gasteiger partial charge in [-0.3, -0.25) is 10.1 Å². The van der Waals surface area contributed by atoms with E-state index in [0.717, 1.165) is 17.4 Å². The number of sulfone groups is 1. The highest BCUT2D eigenvalue weighted by Gasteiger charge is 2.17. The smallest absolute Gasteiger partial charge is 0.259 e. The number of nitrogens with one attached hydrogen (secondary N) is 1. The van der Waals surface area contributed by atoms with Gasteiger partial charge in [0.25, 0.3) is 5.91 Å². The molecule has 1 amide bonds. The van der Waals surface area contributed by atoms with Gasteiger partial charge >= 0.3 is 0 Å². The van der Waals surface area contributed by atoms with E-state index in [1.807, 2.05) is 25.1 Å². The van der Waals surface area contributed by atoms with E-state index in [0.29, 0.717) is 16.6 Å². The van der Waals surface area contributed by atoms with Crippen LogP contribution in [0.5, 0.6) is 5.75 Å². The lowest BCUT2D eigenvalue weighted by molar-refractivity contribution is 0.102. The molecule has 146 valence electrons. The second-order valence-corrected chi connectivity index (χ2v) is 9.39. The maximum absolute atomic E-state index is 12.6. The van der Waals surface area contributed by atoms with Crippen LogP contribution in [-0.2, 0) is 9.84 Å². The normalized spacial score (nSPS) is 11.3. The van der Waals surface area contributed by atoms with E-state index in [4.69, 9.17) is 16.3 Å². The number of carbonyl (C=O) groups excluding carboxylic acids is 1. The number of halogens is 1. The zero-order valence-electron chi connectivity index (χ0n) is 15.3. The van der Waals surface area contributed by atoms with E-state index in [1.54, 1.807) is 12.5 Å². The van der Waals surface area contributed by atoms with Crippen LogP contribution >= 0.6 is 22.9 Å². The molecule has 0 unspecified atom stereocenters. The first-order valence-electron chi connectivity index (χ1n) is 8.10. The van der Waals surface area contributed by atoms with Crippen molar-refractivity contribution in [3.63, 3.8) is 0 Å². The van der Waals surface area contributed by atoms with Crippen LogP contribution in [0.15, 0.2) is 46.7 Å². The van der Waals surface area contributed by atoms with Gasteiger partial charge < -0.3 is 4.74 Å². The summed E-state index contributed by atoms with van der Waals surface area (Å²) in [5.41, 5.74) is 2.60. The third kappa shape index (κ3) is 4.35. The molecule has 0 bridgehead atoms. The van der Waals surface area contributed by atoms with Crippen LogP contribution in [-0.4, -0.2) is 32.7 Å². The van der Waals surface area contributed by atoms with E-state index in [-0.39, 0.29) is 15.5 Å². The van der Waals surface area contributed by atoms with Crippen LogP contribution in [0.3, 0.4) is 0 Å². The highest BCUT2D eigenvalue weighted by Crippen LogP contribution is 2.33. The van der Waals surface area contributed by atoms with Crippen molar-refractivity contribution in [1.82, 2.24) is 4.98 Å². The Hall–Kier alpha value is -2.42. The van der Waals surface area contributed by atoms with Gasteiger partial charge in [0.05, 0.1) is 28.3 Å². The number of hydrogen-bond acceptors (Lipinski definition) is 6. The number of aryl methyl sites for hydroxylation is 1. The Balaban J connectivity index is 1.89. The first kappa shape index (κ1) is 20.3. The van der Waals surface area contributed by atoms with Crippen molar-refractivity contribution in [3.05, 3.63) is 57.9 Å². The topological polar surface area (TPSA) is 85.4 Å². The Labute approximate surface area is 172 Å². The number of carbonyl (C=O) groups is 1. The van der Waals surface area contributed by atoms with Crippen LogP contribution < -0.4 is 10.1 Å². The van der Waals surface area contributed by atoms with Gasteiger partial charge in [-0.15, -0.1) is 11.3 Å². The predicted molar refractivity (Wildman–Crippen MR) is 111 cm³/mol. The van der Waals surface area contributed by atoms with Gasteiger partial charge in [-0.05, 0) is 37.3 Å². The standard InChI is InChI=1S/C19H17ClN2O4S2/c1-11-4-7-17(26-2)14(8-11)16-10-27-19(21-16)22-18(23)13-9-12(28(3,24)25)5-6-15(13)20/h4-10H,1-3H3,(H,21,22,23). The first-order valence-corrected chi connectivity index (χ1v) is 11.3. The number of rotatable bonds is 5. The molecule has 3 rings (SSSR count).